The minimum absolute atomic E-state index is 0.0247. The number of carbonyl (C=O) groups is 1. The van der Waals surface area contributed by atoms with Crippen LogP contribution in [-0.4, -0.2) is 66.5 Å². The Balaban J connectivity index is 1.55. The van der Waals surface area contributed by atoms with E-state index in [1.807, 2.05) is 0 Å². The molecule has 3 rings (SSSR count). The van der Waals surface area contributed by atoms with E-state index in [2.05, 4.69) is 5.32 Å². The molecule has 2 fully saturated rings. The average Bonchev–Trinajstić information content (AvgIpc) is 2.93. The number of nitrogens with one attached hydrogen (secondary N) is 1. The number of amides is 1. The summed E-state index contributed by atoms with van der Waals surface area (Å²) >= 11 is 0. The molecule has 1 amide bonds. The van der Waals surface area contributed by atoms with Crippen molar-refractivity contribution in [3.63, 3.8) is 0 Å². The van der Waals surface area contributed by atoms with E-state index in [1.165, 1.54) is 7.11 Å². The molecular formula is C17H23NO8. The van der Waals surface area contributed by atoms with Crippen LogP contribution in [0.25, 0.3) is 0 Å². The van der Waals surface area contributed by atoms with Crippen molar-refractivity contribution in [3.05, 3.63) is 24.3 Å². The number of fused-ring (bicyclic) bond motifs is 1. The Bertz CT molecular complexity index is 649. The van der Waals surface area contributed by atoms with Gasteiger partial charge in [0, 0.05) is 0 Å². The van der Waals surface area contributed by atoms with Crippen molar-refractivity contribution in [2.45, 2.75) is 43.7 Å². The van der Waals surface area contributed by atoms with E-state index >= 15 is 0 Å². The predicted molar refractivity (Wildman–Crippen MR) is 87.8 cm³/mol. The third-order valence-electron chi connectivity index (χ3n) is 4.25. The van der Waals surface area contributed by atoms with Gasteiger partial charge in [-0.2, -0.15) is 0 Å². The van der Waals surface area contributed by atoms with Gasteiger partial charge in [-0.15, -0.1) is 0 Å². The monoisotopic (exact) mass is 369 g/mol. The lowest BCUT2D eigenvalue weighted by Crippen LogP contribution is -2.64. The van der Waals surface area contributed by atoms with Crippen LogP contribution in [0.15, 0.2) is 24.3 Å². The lowest BCUT2D eigenvalue weighted by atomic mass is 9.97. The molecule has 1 aromatic rings. The first kappa shape index (κ1) is 18.9. The number of hydrogen-bond donors (Lipinski definition) is 3. The molecule has 3 N–H and O–H groups in total. The van der Waals surface area contributed by atoms with Gasteiger partial charge in [-0.25, -0.2) is 4.79 Å². The molecule has 0 saturated carbocycles. The highest BCUT2D eigenvalue weighted by Crippen LogP contribution is 2.37. The van der Waals surface area contributed by atoms with Crippen molar-refractivity contribution >= 4 is 6.09 Å². The van der Waals surface area contributed by atoms with Crippen LogP contribution in [-0.2, 0) is 14.2 Å². The second kappa shape index (κ2) is 7.01. The van der Waals surface area contributed by atoms with Gasteiger partial charge in [0.1, 0.15) is 29.8 Å². The Labute approximate surface area is 150 Å². The number of hydrogen-bond acceptors (Lipinski definition) is 8. The highest BCUT2D eigenvalue weighted by Gasteiger charge is 2.56. The summed E-state index contributed by atoms with van der Waals surface area (Å²) in [7, 11) is 1.53. The normalized spacial score (nSPS) is 32.6. The first-order chi connectivity index (χ1) is 12.2. The molecule has 0 spiro atoms. The topological polar surface area (TPSA) is 116 Å². The number of carbonyl (C=O) groups excluding carboxylic acids is 1. The molecule has 1 aromatic carbocycles. The highest BCUT2D eigenvalue weighted by molar-refractivity contribution is 5.70. The summed E-state index contributed by atoms with van der Waals surface area (Å²) in [6.07, 6.45) is -3.45. The lowest BCUT2D eigenvalue weighted by molar-refractivity contribution is -0.302. The smallest absolute Gasteiger partial charge is 0.412 e. The van der Waals surface area contributed by atoms with Crippen LogP contribution in [0, 0.1) is 0 Å². The van der Waals surface area contributed by atoms with Gasteiger partial charge in [0.2, 0.25) is 5.79 Å². The molecule has 0 radical (unpaired) electrons. The molecule has 2 saturated heterocycles. The SMILES string of the molecule is COc1ccc(OC(=O)NCC2(O)OC[C@H]3OC(C)(C)O[C@H]3[C@@H]2O)cc1. The maximum Gasteiger partial charge on any atom is 0.412 e. The van der Waals surface area contributed by atoms with Crippen LogP contribution < -0.4 is 14.8 Å². The minimum atomic E-state index is -2.01. The predicted octanol–water partition coefficient (Wildman–Crippen LogP) is 0.383. The summed E-state index contributed by atoms with van der Waals surface area (Å²) in [5.74, 6) is -1.97. The van der Waals surface area contributed by atoms with Crippen LogP contribution in [0.2, 0.25) is 0 Å². The molecule has 2 aliphatic heterocycles. The van der Waals surface area contributed by atoms with E-state index in [1.54, 1.807) is 38.1 Å². The average molecular weight is 369 g/mol. The Kier molecular flexibility index (Phi) is 5.09. The van der Waals surface area contributed by atoms with Crippen molar-refractivity contribution in [1.29, 1.82) is 0 Å². The summed E-state index contributed by atoms with van der Waals surface area (Å²) in [5.41, 5.74) is 0. The largest absolute Gasteiger partial charge is 0.497 e. The fraction of sp³-hybridized carbons (Fsp3) is 0.588. The maximum atomic E-state index is 11.9. The molecule has 4 atom stereocenters. The van der Waals surface area contributed by atoms with Crippen molar-refractivity contribution in [2.24, 2.45) is 0 Å². The number of aliphatic hydroxyl groups is 2. The third-order valence-corrected chi connectivity index (χ3v) is 4.25. The lowest BCUT2D eigenvalue weighted by Gasteiger charge is -2.41. The molecule has 2 aliphatic rings. The number of benzene rings is 1. The van der Waals surface area contributed by atoms with Gasteiger partial charge in [-0.3, -0.25) is 0 Å². The van der Waals surface area contributed by atoms with Crippen molar-refractivity contribution in [3.8, 4) is 11.5 Å². The van der Waals surface area contributed by atoms with Gasteiger partial charge in [0.05, 0.1) is 20.3 Å². The summed E-state index contributed by atoms with van der Waals surface area (Å²) in [4.78, 5) is 11.9. The zero-order valence-electron chi connectivity index (χ0n) is 14.8. The number of ether oxygens (including phenoxy) is 5. The van der Waals surface area contributed by atoms with Crippen molar-refractivity contribution < 1.29 is 38.7 Å². The Morgan fingerprint density at radius 1 is 1.27 bits per heavy atom. The van der Waals surface area contributed by atoms with Gasteiger partial charge in [-0.05, 0) is 38.1 Å². The number of aliphatic hydroxyl groups excluding tert-OH is 1. The zero-order chi connectivity index (χ0) is 18.9. The second-order valence-corrected chi connectivity index (χ2v) is 6.66. The van der Waals surface area contributed by atoms with E-state index in [9.17, 15) is 15.0 Å². The molecule has 0 aromatic heterocycles. The highest BCUT2D eigenvalue weighted by atomic mass is 16.8. The van der Waals surface area contributed by atoms with Gasteiger partial charge in [-0.1, -0.05) is 0 Å². The molecule has 0 aliphatic carbocycles. The van der Waals surface area contributed by atoms with Crippen molar-refractivity contribution in [1.82, 2.24) is 5.32 Å². The van der Waals surface area contributed by atoms with E-state index < -0.39 is 36.0 Å². The van der Waals surface area contributed by atoms with Gasteiger partial charge in [0.15, 0.2) is 5.79 Å². The molecule has 26 heavy (non-hydrogen) atoms. The minimum Gasteiger partial charge on any atom is -0.497 e. The summed E-state index contributed by atoms with van der Waals surface area (Å²) in [6, 6.07) is 6.41. The van der Waals surface area contributed by atoms with Crippen molar-refractivity contribution in [2.75, 3.05) is 20.3 Å². The Hall–Kier alpha value is -1.91. The van der Waals surface area contributed by atoms with Gasteiger partial charge in [0.25, 0.3) is 0 Å². The first-order valence-electron chi connectivity index (χ1n) is 8.22. The summed E-state index contributed by atoms with van der Waals surface area (Å²) < 4.78 is 26.7. The van der Waals surface area contributed by atoms with Gasteiger partial charge < -0.3 is 39.2 Å². The second-order valence-electron chi connectivity index (χ2n) is 6.66. The fourth-order valence-corrected chi connectivity index (χ4v) is 2.97. The number of rotatable bonds is 4. The van der Waals surface area contributed by atoms with Crippen LogP contribution in [0.1, 0.15) is 13.8 Å². The molecular weight excluding hydrogens is 346 g/mol. The van der Waals surface area contributed by atoms with Crippen LogP contribution >= 0.6 is 0 Å². The zero-order valence-corrected chi connectivity index (χ0v) is 14.8. The molecule has 2 heterocycles. The van der Waals surface area contributed by atoms with E-state index in [0.29, 0.717) is 11.5 Å². The molecule has 1 unspecified atom stereocenters. The van der Waals surface area contributed by atoms with E-state index in [-0.39, 0.29) is 13.2 Å². The molecule has 9 heteroatoms. The first-order valence-corrected chi connectivity index (χ1v) is 8.22. The number of methoxy groups -OCH3 is 1. The van der Waals surface area contributed by atoms with Crippen LogP contribution in [0.4, 0.5) is 4.79 Å². The van der Waals surface area contributed by atoms with Crippen LogP contribution in [0.3, 0.4) is 0 Å². The Morgan fingerprint density at radius 3 is 2.58 bits per heavy atom. The summed E-state index contributed by atoms with van der Waals surface area (Å²) in [6.45, 7) is 3.07. The standard InChI is InChI=1S/C17H23NO8/c1-16(2)25-12-8-23-17(21,14(19)13(12)26-16)9-18-15(20)24-11-6-4-10(22-3)5-7-11/h4-7,12-14,19,21H,8-9H2,1-3H3,(H,18,20)/t12-,13-,14+,17?/m1/s1. The quantitative estimate of drug-likeness (QED) is 0.698. The maximum absolute atomic E-state index is 11.9. The fourth-order valence-electron chi connectivity index (χ4n) is 2.97. The molecule has 144 valence electrons. The van der Waals surface area contributed by atoms with E-state index in [4.69, 9.17) is 23.7 Å². The third kappa shape index (κ3) is 3.92. The van der Waals surface area contributed by atoms with Crippen LogP contribution in [0.5, 0.6) is 11.5 Å². The molecule has 0 bridgehead atoms. The molecule has 9 nitrogen and oxygen atoms in total. The summed E-state index contributed by atoms with van der Waals surface area (Å²) in [5, 5.41) is 23.3. The van der Waals surface area contributed by atoms with Gasteiger partial charge >= 0.3 is 6.09 Å². The Morgan fingerprint density at radius 2 is 1.92 bits per heavy atom. The van der Waals surface area contributed by atoms with E-state index in [0.717, 1.165) is 0 Å².